The smallest absolute Gasteiger partial charge is 0.341 e. The maximum absolute atomic E-state index is 11.1. The van der Waals surface area contributed by atoms with Crippen LogP contribution in [-0.2, 0) is 4.74 Å². The summed E-state index contributed by atoms with van der Waals surface area (Å²) < 4.78 is 4.95. The van der Waals surface area contributed by atoms with Gasteiger partial charge in [0.15, 0.2) is 0 Å². The predicted molar refractivity (Wildman–Crippen MR) is 43.7 cm³/mol. The standard InChI is InChI=1S/C8H12N2O2/c1-6(2)5-12-8(11)7-3-9-10-4-7/h3-4,6H,5H2,1-2H3,(H,9,10). The van der Waals surface area contributed by atoms with Crippen LogP contribution in [0.15, 0.2) is 12.4 Å². The van der Waals surface area contributed by atoms with Gasteiger partial charge in [0.1, 0.15) is 0 Å². The molecule has 0 saturated carbocycles. The largest absolute Gasteiger partial charge is 0.462 e. The third-order valence-electron chi connectivity index (χ3n) is 1.28. The lowest BCUT2D eigenvalue weighted by atomic mass is 10.2. The van der Waals surface area contributed by atoms with Crippen molar-refractivity contribution in [3.05, 3.63) is 18.0 Å². The van der Waals surface area contributed by atoms with Crippen molar-refractivity contribution in [2.75, 3.05) is 6.61 Å². The molecule has 1 heterocycles. The van der Waals surface area contributed by atoms with Gasteiger partial charge in [-0.3, -0.25) is 5.10 Å². The highest BCUT2D eigenvalue weighted by Gasteiger charge is 2.07. The number of esters is 1. The van der Waals surface area contributed by atoms with Crippen LogP contribution < -0.4 is 0 Å². The van der Waals surface area contributed by atoms with E-state index in [9.17, 15) is 4.79 Å². The molecule has 0 atom stereocenters. The third kappa shape index (κ3) is 2.38. The van der Waals surface area contributed by atoms with Crippen LogP contribution in [0.2, 0.25) is 0 Å². The van der Waals surface area contributed by atoms with Crippen LogP contribution in [0, 0.1) is 5.92 Å². The van der Waals surface area contributed by atoms with E-state index < -0.39 is 0 Å². The van der Waals surface area contributed by atoms with Crippen molar-refractivity contribution in [1.82, 2.24) is 10.2 Å². The number of nitrogens with zero attached hydrogens (tertiary/aromatic N) is 1. The van der Waals surface area contributed by atoms with Gasteiger partial charge in [0.2, 0.25) is 0 Å². The monoisotopic (exact) mass is 168 g/mol. The Labute approximate surface area is 70.9 Å². The zero-order chi connectivity index (χ0) is 8.97. The van der Waals surface area contributed by atoms with Crippen molar-refractivity contribution >= 4 is 5.97 Å². The summed E-state index contributed by atoms with van der Waals surface area (Å²) in [6.07, 6.45) is 2.96. The molecule has 0 unspecified atom stereocenters. The maximum Gasteiger partial charge on any atom is 0.341 e. The molecule has 1 aromatic heterocycles. The molecule has 12 heavy (non-hydrogen) atoms. The first-order valence-corrected chi connectivity index (χ1v) is 3.86. The van der Waals surface area contributed by atoms with Crippen molar-refractivity contribution in [2.24, 2.45) is 5.92 Å². The van der Waals surface area contributed by atoms with Gasteiger partial charge in [-0.25, -0.2) is 4.79 Å². The van der Waals surface area contributed by atoms with Gasteiger partial charge < -0.3 is 4.74 Å². The Kier molecular flexibility index (Phi) is 2.85. The predicted octanol–water partition coefficient (Wildman–Crippen LogP) is 1.22. The summed E-state index contributed by atoms with van der Waals surface area (Å²) in [5.41, 5.74) is 0.468. The maximum atomic E-state index is 11.1. The Bertz CT molecular complexity index is 242. The van der Waals surface area contributed by atoms with Crippen LogP contribution in [0.1, 0.15) is 24.2 Å². The summed E-state index contributed by atoms with van der Waals surface area (Å²) in [5, 5.41) is 6.19. The van der Waals surface area contributed by atoms with E-state index in [1.165, 1.54) is 12.4 Å². The van der Waals surface area contributed by atoms with Gasteiger partial charge >= 0.3 is 5.97 Å². The molecule has 0 fully saturated rings. The fourth-order valence-electron chi connectivity index (χ4n) is 0.688. The number of carbonyl (C=O) groups excluding carboxylic acids is 1. The fraction of sp³-hybridized carbons (Fsp3) is 0.500. The van der Waals surface area contributed by atoms with Gasteiger partial charge in [-0.15, -0.1) is 0 Å². The molecular formula is C8H12N2O2. The second kappa shape index (κ2) is 3.90. The highest BCUT2D eigenvalue weighted by atomic mass is 16.5. The quantitative estimate of drug-likeness (QED) is 0.690. The fourth-order valence-corrected chi connectivity index (χ4v) is 0.688. The second-order valence-electron chi connectivity index (χ2n) is 2.98. The van der Waals surface area contributed by atoms with Crippen LogP contribution >= 0.6 is 0 Å². The van der Waals surface area contributed by atoms with E-state index >= 15 is 0 Å². The number of hydrogen-bond donors (Lipinski definition) is 1. The molecule has 0 spiro atoms. The number of nitrogens with one attached hydrogen (secondary N) is 1. The molecule has 4 heteroatoms. The second-order valence-corrected chi connectivity index (χ2v) is 2.98. The Morgan fingerprint density at radius 1 is 1.75 bits per heavy atom. The number of hydrogen-bond acceptors (Lipinski definition) is 3. The van der Waals surface area contributed by atoms with Gasteiger partial charge in [0.25, 0.3) is 0 Å². The Hall–Kier alpha value is -1.32. The summed E-state index contributed by atoms with van der Waals surface area (Å²) >= 11 is 0. The normalized spacial score (nSPS) is 10.2. The molecule has 0 bridgehead atoms. The molecule has 1 rings (SSSR count). The minimum absolute atomic E-state index is 0.322. The van der Waals surface area contributed by atoms with E-state index in [0.29, 0.717) is 18.1 Å². The molecule has 0 aliphatic carbocycles. The lowest BCUT2D eigenvalue weighted by Crippen LogP contribution is -2.09. The molecule has 0 aliphatic heterocycles. The lowest BCUT2D eigenvalue weighted by molar-refractivity contribution is 0.0459. The van der Waals surface area contributed by atoms with Crippen molar-refractivity contribution in [2.45, 2.75) is 13.8 Å². The zero-order valence-electron chi connectivity index (χ0n) is 7.20. The average Bonchev–Trinajstić information content (AvgIpc) is 2.51. The van der Waals surface area contributed by atoms with Gasteiger partial charge in [0.05, 0.1) is 18.4 Å². The number of ether oxygens (including phenoxy) is 1. The van der Waals surface area contributed by atoms with Crippen molar-refractivity contribution in [1.29, 1.82) is 0 Å². The van der Waals surface area contributed by atoms with Gasteiger partial charge in [-0.1, -0.05) is 13.8 Å². The molecule has 1 aromatic rings. The minimum atomic E-state index is -0.322. The Balaban J connectivity index is 2.40. The van der Waals surface area contributed by atoms with E-state index in [2.05, 4.69) is 10.2 Å². The number of H-pyrrole nitrogens is 1. The molecule has 4 nitrogen and oxygen atoms in total. The molecule has 0 amide bonds. The number of rotatable bonds is 3. The summed E-state index contributed by atoms with van der Waals surface area (Å²) in [5.74, 6) is 0.0401. The SMILES string of the molecule is CC(C)COC(=O)c1cn[nH]c1. The van der Waals surface area contributed by atoms with Gasteiger partial charge in [-0.2, -0.15) is 5.10 Å². The van der Waals surface area contributed by atoms with E-state index in [-0.39, 0.29) is 5.97 Å². The highest BCUT2D eigenvalue weighted by molar-refractivity contribution is 5.88. The minimum Gasteiger partial charge on any atom is -0.462 e. The summed E-state index contributed by atoms with van der Waals surface area (Å²) in [6, 6.07) is 0. The number of carbonyl (C=O) groups is 1. The van der Waals surface area contributed by atoms with Crippen molar-refractivity contribution in [3.8, 4) is 0 Å². The molecule has 0 radical (unpaired) electrons. The van der Waals surface area contributed by atoms with Crippen molar-refractivity contribution < 1.29 is 9.53 Å². The van der Waals surface area contributed by atoms with Crippen LogP contribution in [0.5, 0.6) is 0 Å². The van der Waals surface area contributed by atoms with Crippen LogP contribution in [0.25, 0.3) is 0 Å². The van der Waals surface area contributed by atoms with E-state index in [0.717, 1.165) is 0 Å². The first-order chi connectivity index (χ1) is 5.70. The lowest BCUT2D eigenvalue weighted by Gasteiger charge is -2.04. The summed E-state index contributed by atoms with van der Waals surface area (Å²) in [7, 11) is 0. The van der Waals surface area contributed by atoms with Crippen molar-refractivity contribution in [3.63, 3.8) is 0 Å². The van der Waals surface area contributed by atoms with E-state index in [4.69, 9.17) is 4.74 Å². The van der Waals surface area contributed by atoms with Crippen LogP contribution in [0.4, 0.5) is 0 Å². The molecule has 0 aromatic carbocycles. The third-order valence-corrected chi connectivity index (χ3v) is 1.28. The Morgan fingerprint density at radius 3 is 3.00 bits per heavy atom. The highest BCUT2D eigenvalue weighted by Crippen LogP contribution is 2.00. The number of aromatic amines is 1. The topological polar surface area (TPSA) is 55.0 Å². The average molecular weight is 168 g/mol. The van der Waals surface area contributed by atoms with Crippen LogP contribution in [-0.4, -0.2) is 22.8 Å². The number of aromatic nitrogens is 2. The van der Waals surface area contributed by atoms with Crippen LogP contribution in [0.3, 0.4) is 0 Å². The Morgan fingerprint density at radius 2 is 2.50 bits per heavy atom. The first kappa shape index (κ1) is 8.77. The van der Waals surface area contributed by atoms with Gasteiger partial charge in [0, 0.05) is 6.20 Å². The summed E-state index contributed by atoms with van der Waals surface area (Å²) in [4.78, 5) is 11.1. The molecule has 1 N–H and O–H groups in total. The van der Waals surface area contributed by atoms with E-state index in [1.807, 2.05) is 13.8 Å². The molecule has 0 aliphatic rings. The molecule has 0 saturated heterocycles. The first-order valence-electron chi connectivity index (χ1n) is 3.86. The van der Waals surface area contributed by atoms with E-state index in [1.54, 1.807) is 0 Å². The molecular weight excluding hydrogens is 156 g/mol. The molecule has 66 valence electrons. The summed E-state index contributed by atoms with van der Waals surface area (Å²) in [6.45, 7) is 4.43. The zero-order valence-corrected chi connectivity index (χ0v) is 7.20. The van der Waals surface area contributed by atoms with Gasteiger partial charge in [-0.05, 0) is 5.92 Å².